The third-order valence-electron chi connectivity index (χ3n) is 2.48. The number of hydrogen-bond donors (Lipinski definition) is 1. The summed E-state index contributed by atoms with van der Waals surface area (Å²) in [7, 11) is -0.432. The van der Waals surface area contributed by atoms with Crippen molar-refractivity contribution in [3.05, 3.63) is 29.8 Å². The molecule has 96 valence electrons. The molecule has 0 aromatic heterocycles. The minimum atomic E-state index is -3.42. The molecule has 0 saturated heterocycles. The van der Waals surface area contributed by atoms with Gasteiger partial charge in [0.15, 0.2) is 0 Å². The van der Waals surface area contributed by atoms with Crippen molar-refractivity contribution in [3.8, 4) is 0 Å². The Morgan fingerprint density at radius 3 is 1.88 bits per heavy atom. The van der Waals surface area contributed by atoms with Crippen molar-refractivity contribution >= 4 is 15.9 Å². The van der Waals surface area contributed by atoms with Crippen LogP contribution >= 0.6 is 0 Å². The zero-order valence-corrected chi connectivity index (χ0v) is 11.8. The quantitative estimate of drug-likeness (QED) is 0.901. The SMILES string of the molecule is CN(C)S(=O)(=O)Nc1ccc(C(C)(C)C)cc1. The molecule has 1 N–H and O–H groups in total. The number of hydrogen-bond acceptors (Lipinski definition) is 2. The Morgan fingerprint density at radius 2 is 1.53 bits per heavy atom. The lowest BCUT2D eigenvalue weighted by molar-refractivity contribution is 0.527. The zero-order chi connectivity index (χ0) is 13.3. The van der Waals surface area contributed by atoms with Crippen molar-refractivity contribution in [1.29, 1.82) is 0 Å². The lowest BCUT2D eigenvalue weighted by Crippen LogP contribution is -2.28. The number of rotatable bonds is 3. The highest BCUT2D eigenvalue weighted by atomic mass is 32.2. The second-order valence-electron chi connectivity index (χ2n) is 5.22. The van der Waals surface area contributed by atoms with Crippen LogP contribution in [0.2, 0.25) is 0 Å². The van der Waals surface area contributed by atoms with Crippen LogP contribution in [0.5, 0.6) is 0 Å². The maximum Gasteiger partial charge on any atom is 0.301 e. The van der Waals surface area contributed by atoms with Crippen LogP contribution in [-0.4, -0.2) is 26.8 Å². The Morgan fingerprint density at radius 1 is 1.06 bits per heavy atom. The van der Waals surface area contributed by atoms with Crippen LogP contribution in [0, 0.1) is 0 Å². The van der Waals surface area contributed by atoms with Gasteiger partial charge in [-0.3, -0.25) is 4.72 Å². The van der Waals surface area contributed by atoms with Gasteiger partial charge >= 0.3 is 10.2 Å². The second kappa shape index (κ2) is 4.66. The predicted molar refractivity (Wildman–Crippen MR) is 71.4 cm³/mol. The molecule has 0 aliphatic carbocycles. The first-order valence-electron chi connectivity index (χ1n) is 5.44. The van der Waals surface area contributed by atoms with Gasteiger partial charge in [0, 0.05) is 19.8 Å². The van der Waals surface area contributed by atoms with Gasteiger partial charge in [-0.25, -0.2) is 0 Å². The molecule has 0 heterocycles. The summed E-state index contributed by atoms with van der Waals surface area (Å²) in [5.41, 5.74) is 1.82. The third kappa shape index (κ3) is 3.71. The normalized spacial score (nSPS) is 12.8. The fraction of sp³-hybridized carbons (Fsp3) is 0.500. The van der Waals surface area contributed by atoms with Crippen LogP contribution in [0.1, 0.15) is 26.3 Å². The van der Waals surface area contributed by atoms with Crippen LogP contribution in [0.3, 0.4) is 0 Å². The van der Waals surface area contributed by atoms with Crippen LogP contribution in [0.15, 0.2) is 24.3 Å². The van der Waals surface area contributed by atoms with E-state index in [1.54, 1.807) is 12.1 Å². The van der Waals surface area contributed by atoms with Gasteiger partial charge in [0.25, 0.3) is 0 Å². The van der Waals surface area contributed by atoms with Crippen molar-refractivity contribution in [2.24, 2.45) is 0 Å². The van der Waals surface area contributed by atoms with Gasteiger partial charge in [-0.1, -0.05) is 32.9 Å². The summed E-state index contributed by atoms with van der Waals surface area (Å²) >= 11 is 0. The van der Waals surface area contributed by atoms with E-state index >= 15 is 0 Å². The van der Waals surface area contributed by atoms with Crippen molar-refractivity contribution in [1.82, 2.24) is 4.31 Å². The van der Waals surface area contributed by atoms with E-state index in [0.717, 1.165) is 4.31 Å². The van der Waals surface area contributed by atoms with E-state index in [9.17, 15) is 8.42 Å². The highest BCUT2D eigenvalue weighted by Crippen LogP contribution is 2.23. The van der Waals surface area contributed by atoms with Gasteiger partial charge in [0.1, 0.15) is 0 Å². The fourth-order valence-corrected chi connectivity index (χ4v) is 1.90. The minimum absolute atomic E-state index is 0.0684. The van der Waals surface area contributed by atoms with Crippen LogP contribution in [0.4, 0.5) is 5.69 Å². The Kier molecular flexibility index (Phi) is 3.84. The molecule has 0 spiro atoms. The Bertz CT molecular complexity index is 470. The second-order valence-corrected chi connectivity index (χ2v) is 7.10. The summed E-state index contributed by atoms with van der Waals surface area (Å²) in [6.45, 7) is 6.35. The van der Waals surface area contributed by atoms with E-state index in [1.807, 2.05) is 12.1 Å². The van der Waals surface area contributed by atoms with Crippen LogP contribution < -0.4 is 4.72 Å². The Balaban J connectivity index is 2.91. The van der Waals surface area contributed by atoms with E-state index in [0.29, 0.717) is 5.69 Å². The Hall–Kier alpha value is -1.07. The highest BCUT2D eigenvalue weighted by molar-refractivity contribution is 7.90. The summed E-state index contributed by atoms with van der Waals surface area (Å²) in [5.74, 6) is 0. The molecule has 1 aromatic rings. The average Bonchev–Trinajstić information content (AvgIpc) is 2.16. The third-order valence-corrected chi connectivity index (χ3v) is 3.93. The highest BCUT2D eigenvalue weighted by Gasteiger charge is 2.15. The standard InChI is InChI=1S/C12H20N2O2S/c1-12(2,3)10-6-8-11(9-7-10)13-17(15,16)14(4)5/h6-9,13H,1-5H3. The largest absolute Gasteiger partial charge is 0.301 e. The number of nitrogens with one attached hydrogen (secondary N) is 1. The molecule has 5 heteroatoms. The van der Waals surface area contributed by atoms with Gasteiger partial charge in [0.05, 0.1) is 0 Å². The molecule has 17 heavy (non-hydrogen) atoms. The maximum atomic E-state index is 11.6. The molecular formula is C12H20N2O2S. The smallest absolute Gasteiger partial charge is 0.271 e. The van der Waals surface area contributed by atoms with E-state index in [-0.39, 0.29) is 5.41 Å². The van der Waals surface area contributed by atoms with Gasteiger partial charge in [-0.15, -0.1) is 0 Å². The van der Waals surface area contributed by atoms with Gasteiger partial charge in [0.2, 0.25) is 0 Å². The fourth-order valence-electron chi connectivity index (χ4n) is 1.28. The summed E-state index contributed by atoms with van der Waals surface area (Å²) < 4.78 is 26.8. The van der Waals surface area contributed by atoms with E-state index in [2.05, 4.69) is 25.5 Å². The van der Waals surface area contributed by atoms with E-state index in [4.69, 9.17) is 0 Å². The molecule has 1 rings (SSSR count). The van der Waals surface area contributed by atoms with Crippen molar-refractivity contribution in [2.75, 3.05) is 18.8 Å². The number of anilines is 1. The maximum absolute atomic E-state index is 11.6. The van der Waals surface area contributed by atoms with Crippen molar-refractivity contribution < 1.29 is 8.42 Å². The lowest BCUT2D eigenvalue weighted by atomic mass is 9.87. The molecule has 0 bridgehead atoms. The molecule has 0 radical (unpaired) electrons. The van der Waals surface area contributed by atoms with Crippen molar-refractivity contribution in [3.63, 3.8) is 0 Å². The average molecular weight is 256 g/mol. The topological polar surface area (TPSA) is 49.4 Å². The molecule has 0 aliphatic heterocycles. The molecule has 1 aromatic carbocycles. The first kappa shape index (κ1) is 14.0. The summed E-state index contributed by atoms with van der Waals surface area (Å²) in [4.78, 5) is 0. The monoisotopic (exact) mass is 256 g/mol. The number of nitrogens with zero attached hydrogens (tertiary/aromatic N) is 1. The Labute approximate surface area is 104 Å². The molecule has 0 fully saturated rings. The first-order chi connectivity index (χ1) is 7.63. The van der Waals surface area contributed by atoms with Gasteiger partial charge in [-0.05, 0) is 23.1 Å². The van der Waals surface area contributed by atoms with E-state index < -0.39 is 10.2 Å². The molecule has 4 nitrogen and oxygen atoms in total. The first-order valence-corrected chi connectivity index (χ1v) is 6.88. The molecule has 0 aliphatic rings. The lowest BCUT2D eigenvalue weighted by Gasteiger charge is -2.19. The minimum Gasteiger partial charge on any atom is -0.271 e. The van der Waals surface area contributed by atoms with Crippen molar-refractivity contribution in [2.45, 2.75) is 26.2 Å². The summed E-state index contributed by atoms with van der Waals surface area (Å²) in [6.07, 6.45) is 0. The van der Waals surface area contributed by atoms with E-state index in [1.165, 1.54) is 19.7 Å². The number of benzene rings is 1. The predicted octanol–water partition coefficient (Wildman–Crippen LogP) is 2.20. The van der Waals surface area contributed by atoms with Crippen LogP contribution in [-0.2, 0) is 15.6 Å². The molecule has 0 atom stereocenters. The molecule has 0 amide bonds. The summed E-state index contributed by atoms with van der Waals surface area (Å²) in [5, 5.41) is 0. The zero-order valence-electron chi connectivity index (χ0n) is 11.0. The van der Waals surface area contributed by atoms with Gasteiger partial charge < -0.3 is 0 Å². The molecular weight excluding hydrogens is 236 g/mol. The molecule has 0 saturated carbocycles. The summed E-state index contributed by atoms with van der Waals surface area (Å²) in [6, 6.07) is 7.43. The molecule has 0 unspecified atom stereocenters. The van der Waals surface area contributed by atoms with Gasteiger partial charge in [-0.2, -0.15) is 12.7 Å². The van der Waals surface area contributed by atoms with Crippen LogP contribution in [0.25, 0.3) is 0 Å².